The molecule has 1 aromatic carbocycles. The number of piperazine rings is 1. The summed E-state index contributed by atoms with van der Waals surface area (Å²) in [5, 5.41) is 10.6. The van der Waals surface area contributed by atoms with Gasteiger partial charge >= 0.3 is 0 Å². The Hall–Kier alpha value is -2.17. The minimum absolute atomic E-state index is 0.433. The fourth-order valence-electron chi connectivity index (χ4n) is 3.26. The van der Waals surface area contributed by atoms with Gasteiger partial charge in [-0.2, -0.15) is 9.57 Å². The lowest BCUT2D eigenvalue weighted by Crippen LogP contribution is -2.50. The molecule has 0 bridgehead atoms. The number of aryl methyl sites for hydroxylation is 2. The van der Waals surface area contributed by atoms with Crippen molar-refractivity contribution in [2.45, 2.75) is 13.8 Å². The average Bonchev–Trinajstić information content (AvgIpc) is 2.53. The Bertz CT molecular complexity index is 939. The number of H-pyrrole nitrogens is 1. The summed E-state index contributed by atoms with van der Waals surface area (Å²) in [7, 11) is -3.16. The zero-order chi connectivity index (χ0) is 17.5. The van der Waals surface area contributed by atoms with Crippen LogP contribution in [0.25, 0.3) is 10.9 Å². The molecule has 1 N–H and O–H groups in total. The molecule has 0 amide bonds. The molecule has 1 aliphatic rings. The van der Waals surface area contributed by atoms with Crippen LogP contribution in [0.2, 0.25) is 0 Å². The summed E-state index contributed by atoms with van der Waals surface area (Å²) in [5.41, 5.74) is 3.87. The number of nitrogens with one attached hydrogen (secondary N) is 1. The molecule has 24 heavy (non-hydrogen) atoms. The predicted molar refractivity (Wildman–Crippen MR) is 93.3 cm³/mol. The van der Waals surface area contributed by atoms with Crippen LogP contribution in [0.5, 0.6) is 0 Å². The van der Waals surface area contributed by atoms with Crippen LogP contribution in [0, 0.1) is 25.2 Å². The number of anilines is 1. The van der Waals surface area contributed by atoms with E-state index >= 15 is 0 Å². The standard InChI is InChI=1S/C17H20N4O2S/c1-12-8-13(2)15-10-14(11-18)17(19-16(15)9-12)20-4-6-21(7-5-20)24(3,22)23/h8-10H,4-7H2,1-3H3/p+1. The van der Waals surface area contributed by atoms with Crippen molar-refractivity contribution >= 4 is 26.7 Å². The molecule has 1 aliphatic heterocycles. The third kappa shape index (κ3) is 3.07. The minimum Gasteiger partial charge on any atom is -0.258 e. The molecule has 0 saturated carbocycles. The van der Waals surface area contributed by atoms with Crippen molar-refractivity contribution in [1.29, 1.82) is 5.26 Å². The van der Waals surface area contributed by atoms with Crippen LogP contribution in [0.3, 0.4) is 0 Å². The van der Waals surface area contributed by atoms with E-state index in [1.165, 1.54) is 10.6 Å². The molecule has 0 aliphatic carbocycles. The number of nitrogens with zero attached hydrogens (tertiary/aromatic N) is 3. The van der Waals surface area contributed by atoms with E-state index in [4.69, 9.17) is 0 Å². The summed E-state index contributed by atoms with van der Waals surface area (Å²) in [6.45, 7) is 6.08. The number of fused-ring (bicyclic) bond motifs is 1. The number of benzene rings is 1. The highest BCUT2D eigenvalue weighted by Crippen LogP contribution is 2.24. The van der Waals surface area contributed by atoms with Crippen molar-refractivity contribution < 1.29 is 13.4 Å². The fourth-order valence-corrected chi connectivity index (χ4v) is 4.09. The molecule has 126 valence electrons. The lowest BCUT2D eigenvalue weighted by molar-refractivity contribution is -0.331. The molecular weight excluding hydrogens is 324 g/mol. The van der Waals surface area contributed by atoms with Crippen LogP contribution in [0.1, 0.15) is 16.7 Å². The van der Waals surface area contributed by atoms with Crippen molar-refractivity contribution in [3.63, 3.8) is 0 Å². The van der Waals surface area contributed by atoms with Gasteiger partial charge in [-0.3, -0.25) is 4.90 Å². The van der Waals surface area contributed by atoms with E-state index in [1.54, 1.807) is 0 Å². The molecule has 0 unspecified atom stereocenters. The van der Waals surface area contributed by atoms with Gasteiger partial charge in [-0.25, -0.2) is 13.4 Å². The lowest BCUT2D eigenvalue weighted by Gasteiger charge is -2.29. The van der Waals surface area contributed by atoms with Crippen LogP contribution >= 0.6 is 0 Å². The van der Waals surface area contributed by atoms with Gasteiger partial charge in [-0.15, -0.1) is 0 Å². The van der Waals surface area contributed by atoms with E-state index in [-0.39, 0.29) is 0 Å². The molecular formula is C17H21N4O2S+. The first-order chi connectivity index (χ1) is 11.3. The highest BCUT2D eigenvalue weighted by molar-refractivity contribution is 7.88. The Morgan fingerprint density at radius 2 is 1.79 bits per heavy atom. The Balaban J connectivity index is 1.99. The number of rotatable bonds is 2. The van der Waals surface area contributed by atoms with E-state index in [0.29, 0.717) is 31.7 Å². The predicted octanol–water partition coefficient (Wildman–Crippen LogP) is 1.22. The first-order valence-corrected chi connectivity index (χ1v) is 9.72. The summed E-state index contributed by atoms with van der Waals surface area (Å²) in [6, 6.07) is 8.35. The van der Waals surface area contributed by atoms with Gasteiger partial charge in [0.05, 0.1) is 32.4 Å². The summed E-state index contributed by atoms with van der Waals surface area (Å²) >= 11 is 0. The fraction of sp³-hybridized carbons (Fsp3) is 0.412. The van der Waals surface area contributed by atoms with Crippen LogP contribution < -0.4 is 9.88 Å². The molecule has 1 fully saturated rings. The van der Waals surface area contributed by atoms with Gasteiger partial charge in [0.2, 0.25) is 10.0 Å². The first kappa shape index (κ1) is 16.7. The summed E-state index contributed by atoms with van der Waals surface area (Å²) < 4.78 is 24.8. The van der Waals surface area contributed by atoms with Crippen LogP contribution in [-0.4, -0.2) is 45.2 Å². The summed E-state index contributed by atoms with van der Waals surface area (Å²) in [4.78, 5) is 5.44. The van der Waals surface area contributed by atoms with Crippen molar-refractivity contribution in [1.82, 2.24) is 4.31 Å². The van der Waals surface area contributed by atoms with Crippen molar-refractivity contribution in [2.75, 3.05) is 37.3 Å². The van der Waals surface area contributed by atoms with E-state index in [2.05, 4.69) is 28.1 Å². The van der Waals surface area contributed by atoms with Gasteiger partial charge in [0, 0.05) is 5.39 Å². The number of sulfonamides is 1. The molecule has 0 spiro atoms. The zero-order valence-electron chi connectivity index (χ0n) is 14.1. The number of nitriles is 1. The summed E-state index contributed by atoms with van der Waals surface area (Å²) in [5.74, 6) is 0.767. The number of aromatic nitrogens is 1. The van der Waals surface area contributed by atoms with Crippen LogP contribution in [0.4, 0.5) is 5.82 Å². The Morgan fingerprint density at radius 3 is 2.38 bits per heavy atom. The number of aromatic amines is 1. The maximum atomic E-state index is 11.6. The Kier molecular flexibility index (Phi) is 4.20. The van der Waals surface area contributed by atoms with Crippen molar-refractivity contribution in [2.24, 2.45) is 0 Å². The van der Waals surface area contributed by atoms with Gasteiger partial charge in [-0.05, 0) is 37.1 Å². The topological polar surface area (TPSA) is 78.5 Å². The zero-order valence-corrected chi connectivity index (χ0v) is 14.9. The third-order valence-corrected chi connectivity index (χ3v) is 5.78. The smallest absolute Gasteiger partial charge is 0.258 e. The second kappa shape index (κ2) is 6.04. The Labute approximate surface area is 142 Å². The van der Waals surface area contributed by atoms with Crippen molar-refractivity contribution in [3.05, 3.63) is 34.9 Å². The van der Waals surface area contributed by atoms with Gasteiger partial charge in [0.25, 0.3) is 5.82 Å². The highest BCUT2D eigenvalue weighted by Gasteiger charge is 2.30. The maximum absolute atomic E-state index is 11.6. The van der Waals surface area contributed by atoms with Gasteiger partial charge in [-0.1, -0.05) is 6.07 Å². The first-order valence-electron chi connectivity index (χ1n) is 7.87. The Morgan fingerprint density at radius 1 is 1.12 bits per heavy atom. The van der Waals surface area contributed by atoms with E-state index in [9.17, 15) is 13.7 Å². The molecule has 2 heterocycles. The second-order valence-corrected chi connectivity index (χ2v) is 8.32. The van der Waals surface area contributed by atoms with E-state index in [1.807, 2.05) is 19.9 Å². The molecule has 0 atom stereocenters. The second-order valence-electron chi connectivity index (χ2n) is 6.34. The highest BCUT2D eigenvalue weighted by atomic mass is 32.2. The van der Waals surface area contributed by atoms with E-state index in [0.717, 1.165) is 27.8 Å². The molecule has 1 saturated heterocycles. The number of hydrogen-bond acceptors (Lipinski definition) is 4. The largest absolute Gasteiger partial charge is 0.293 e. The quantitative estimate of drug-likeness (QED) is 0.820. The van der Waals surface area contributed by atoms with Gasteiger partial charge < -0.3 is 0 Å². The van der Waals surface area contributed by atoms with E-state index < -0.39 is 10.0 Å². The van der Waals surface area contributed by atoms with Gasteiger partial charge in [0.15, 0.2) is 0 Å². The molecule has 2 aromatic rings. The van der Waals surface area contributed by atoms with Crippen LogP contribution in [-0.2, 0) is 10.0 Å². The normalized spacial score (nSPS) is 16.3. The molecule has 3 rings (SSSR count). The van der Waals surface area contributed by atoms with Crippen molar-refractivity contribution in [3.8, 4) is 6.07 Å². The monoisotopic (exact) mass is 345 g/mol. The number of hydrogen-bond donors (Lipinski definition) is 0. The van der Waals surface area contributed by atoms with Gasteiger partial charge in [0.1, 0.15) is 17.1 Å². The molecule has 0 radical (unpaired) electrons. The molecule has 7 heteroatoms. The van der Waals surface area contributed by atoms with Crippen LogP contribution in [0.15, 0.2) is 18.2 Å². The summed E-state index contributed by atoms with van der Waals surface area (Å²) in [6.07, 6.45) is 1.23. The number of pyridine rings is 1. The molecule has 1 aromatic heterocycles. The minimum atomic E-state index is -3.16. The lowest BCUT2D eigenvalue weighted by atomic mass is 10.0. The SMILES string of the molecule is Cc1cc(C)c2cc(C#N)c(N3CCN(S(C)(=O)=O)CC3)[nH+]c2c1. The molecule has 6 nitrogen and oxygen atoms in total. The average molecular weight is 345 g/mol. The maximum Gasteiger partial charge on any atom is 0.293 e. The third-order valence-electron chi connectivity index (χ3n) is 4.47.